The molecule has 369 valence electrons. The van der Waals surface area contributed by atoms with Crippen molar-refractivity contribution in [3.05, 3.63) is 0 Å². The third-order valence-corrected chi connectivity index (χ3v) is 13.9. The molecule has 0 rings (SSSR count). The number of rotatable bonds is 39. The second-order valence-electron chi connectivity index (χ2n) is 17.0. The van der Waals surface area contributed by atoms with E-state index in [1.807, 2.05) is 0 Å². The summed E-state index contributed by atoms with van der Waals surface area (Å²) in [4.78, 5) is 34.9. The topological polar surface area (TPSA) is 176 Å². The smallest absolute Gasteiger partial charge is 0.756 e. The molecule has 0 aliphatic rings. The van der Waals surface area contributed by atoms with Gasteiger partial charge in [-0.25, -0.2) is 0 Å². The van der Waals surface area contributed by atoms with Gasteiger partial charge in [0.2, 0.25) is 0 Å². The normalized spacial score (nSPS) is 17.4. The molecule has 0 saturated carbocycles. The van der Waals surface area contributed by atoms with Crippen LogP contribution in [0.3, 0.4) is 0 Å². The summed E-state index contributed by atoms with van der Waals surface area (Å²) in [6.45, 7) is 26.7. The van der Waals surface area contributed by atoms with Crippen molar-refractivity contribution in [2.24, 2.45) is 35.5 Å². The number of hydrogen-bond acceptors (Lipinski definition) is 12. The summed E-state index contributed by atoms with van der Waals surface area (Å²) in [5, 5.41) is 0. The quantitative estimate of drug-likeness (QED) is 0.0534. The first-order chi connectivity index (χ1) is 28.3. The van der Waals surface area contributed by atoms with Crippen LogP contribution in [0.5, 0.6) is 0 Å². The molecule has 0 heterocycles. The molecule has 0 bridgehead atoms. The summed E-state index contributed by atoms with van der Waals surface area (Å²) < 4.78 is 64.7. The Bertz CT molecular complexity index is 948. The van der Waals surface area contributed by atoms with Crippen LogP contribution in [0.15, 0.2) is 0 Å². The van der Waals surface area contributed by atoms with E-state index in [-0.39, 0.29) is 57.0 Å². The second-order valence-corrected chi connectivity index (χ2v) is 21.3. The summed E-state index contributed by atoms with van der Waals surface area (Å²) in [5.74, 6) is 2.40. The molecule has 0 aromatic carbocycles. The van der Waals surface area contributed by atoms with Crippen LogP contribution in [0.4, 0.5) is 0 Å². The predicted octanol–water partition coefficient (Wildman–Crippen LogP) is 13.6. The molecule has 16 heteroatoms. The Labute approximate surface area is 387 Å². The Kier molecular flexibility index (Phi) is 50.1. The Balaban J connectivity index is -0.000000396. The van der Waals surface area contributed by atoms with Crippen molar-refractivity contribution in [1.29, 1.82) is 0 Å². The molecule has 0 N–H and O–H groups in total. The van der Waals surface area contributed by atoms with Gasteiger partial charge in [0, 0.05) is 0 Å². The van der Waals surface area contributed by atoms with E-state index in [2.05, 4.69) is 83.1 Å². The number of unbranched alkanes of at least 4 members (excludes halogenated alkanes) is 3. The maximum Gasteiger partial charge on any atom is 3.00 e. The van der Waals surface area contributed by atoms with Crippen molar-refractivity contribution in [1.82, 2.24) is 0 Å². The van der Waals surface area contributed by atoms with E-state index in [0.29, 0.717) is 35.5 Å². The maximum absolute atomic E-state index is 11.6. The first-order valence-corrected chi connectivity index (χ1v) is 28.5. The number of hydrogen-bond donors (Lipinski definition) is 0. The molecular weight excluding hydrogens is 877 g/mol. The van der Waals surface area contributed by atoms with E-state index in [0.717, 1.165) is 135 Å². The molecule has 9 atom stereocenters. The van der Waals surface area contributed by atoms with Gasteiger partial charge in [0.05, 0.1) is 39.6 Å². The molecule has 0 spiro atoms. The van der Waals surface area contributed by atoms with Crippen LogP contribution < -0.4 is 14.7 Å². The molecule has 0 aliphatic carbocycles. The van der Waals surface area contributed by atoms with Crippen molar-refractivity contribution in [3.63, 3.8) is 0 Å². The van der Waals surface area contributed by atoms with Crippen LogP contribution >= 0.6 is 23.5 Å². The van der Waals surface area contributed by atoms with Crippen LogP contribution in [-0.2, 0) is 58.2 Å². The summed E-state index contributed by atoms with van der Waals surface area (Å²) in [6, 6.07) is 0. The van der Waals surface area contributed by atoms with Crippen molar-refractivity contribution >= 4 is 23.5 Å². The SMILES string of the molecule is CCCCC(CC)COP(=O)([O-])OCCC(C)CCC.CCCCC(CC)COP(=O)([O-])OCCC(C)CCC.CCCCC(CC)COP(=O)([O-])OCCC(C)CCC.[Cr+3]. The van der Waals surface area contributed by atoms with Gasteiger partial charge in [0.15, 0.2) is 0 Å². The average molecular weight is 974 g/mol. The molecule has 0 saturated heterocycles. The molecule has 12 nitrogen and oxygen atoms in total. The van der Waals surface area contributed by atoms with E-state index >= 15 is 0 Å². The summed E-state index contributed by atoms with van der Waals surface area (Å²) >= 11 is 0. The fourth-order valence-corrected chi connectivity index (χ4v) is 8.80. The minimum absolute atomic E-state index is 0. The zero-order valence-corrected chi connectivity index (χ0v) is 45.2. The van der Waals surface area contributed by atoms with E-state index in [1.54, 1.807) is 0 Å². The maximum atomic E-state index is 11.6. The van der Waals surface area contributed by atoms with E-state index in [1.165, 1.54) is 0 Å². The zero-order valence-electron chi connectivity index (χ0n) is 41.2. The van der Waals surface area contributed by atoms with Gasteiger partial charge < -0.3 is 41.8 Å². The molecule has 0 aromatic heterocycles. The summed E-state index contributed by atoms with van der Waals surface area (Å²) in [6.07, 6.45) is 21.5. The van der Waals surface area contributed by atoms with Gasteiger partial charge in [0.1, 0.15) is 0 Å². The molecule has 9 unspecified atom stereocenters. The summed E-state index contributed by atoms with van der Waals surface area (Å²) in [7, 11) is -12.4. The molecule has 0 fully saturated rings. The van der Waals surface area contributed by atoms with Gasteiger partial charge >= 0.3 is 17.4 Å². The summed E-state index contributed by atoms with van der Waals surface area (Å²) in [5.41, 5.74) is 0. The van der Waals surface area contributed by atoms with E-state index in [9.17, 15) is 28.4 Å². The predicted molar refractivity (Wildman–Crippen MR) is 245 cm³/mol. The van der Waals surface area contributed by atoms with Crippen molar-refractivity contribution in [2.75, 3.05) is 39.6 Å². The van der Waals surface area contributed by atoms with E-state index in [4.69, 9.17) is 27.1 Å². The number of phosphoric ester groups is 3. The third kappa shape index (κ3) is 47.2. The Morgan fingerprint density at radius 3 is 0.770 bits per heavy atom. The first kappa shape index (κ1) is 68.4. The van der Waals surface area contributed by atoms with Gasteiger partial charge in [-0.15, -0.1) is 0 Å². The van der Waals surface area contributed by atoms with E-state index < -0.39 is 23.5 Å². The molecule has 61 heavy (non-hydrogen) atoms. The Morgan fingerprint density at radius 2 is 0.590 bits per heavy atom. The zero-order chi connectivity index (χ0) is 46.3. The van der Waals surface area contributed by atoms with Crippen LogP contribution in [0, 0.1) is 35.5 Å². The van der Waals surface area contributed by atoms with Crippen LogP contribution in [-0.4, -0.2) is 39.6 Å². The van der Waals surface area contributed by atoms with Gasteiger partial charge in [-0.2, -0.15) is 0 Å². The Hall–Kier alpha value is 0.862. The molecule has 0 amide bonds. The van der Waals surface area contributed by atoms with Crippen LogP contribution in [0.2, 0.25) is 0 Å². The largest absolute Gasteiger partial charge is 3.00 e. The molecule has 0 aromatic rings. The first-order valence-electron chi connectivity index (χ1n) is 24.1. The fraction of sp³-hybridized carbons (Fsp3) is 1.00. The van der Waals surface area contributed by atoms with Gasteiger partial charge in [-0.3, -0.25) is 13.7 Å². The van der Waals surface area contributed by atoms with Gasteiger partial charge in [0.25, 0.3) is 23.5 Å². The van der Waals surface area contributed by atoms with Gasteiger partial charge in [-0.1, -0.05) is 179 Å². The van der Waals surface area contributed by atoms with Crippen molar-refractivity contribution in [3.8, 4) is 0 Å². The third-order valence-electron chi connectivity index (χ3n) is 11.0. The Morgan fingerprint density at radius 1 is 0.361 bits per heavy atom. The van der Waals surface area contributed by atoms with Crippen LogP contribution in [0.25, 0.3) is 0 Å². The molecular formula is C45H96CrO12P3. The minimum atomic E-state index is -4.12. The second kappa shape index (κ2) is 44.7. The van der Waals surface area contributed by atoms with Crippen molar-refractivity contribution < 1.29 is 72.9 Å². The standard InChI is InChI=1S/3C15H33O4P.Cr/c3*1-5-8-10-15(7-3)13-19-20(16,17)18-12-11-14(4)9-6-2;/h3*14-15H,5-13H2,1-4H3,(H,16,17);/q;;;+3/p-3. The monoisotopic (exact) mass is 974 g/mol. The van der Waals surface area contributed by atoms with Crippen LogP contribution in [0.1, 0.15) is 218 Å². The number of phosphoric acid groups is 3. The van der Waals surface area contributed by atoms with Crippen molar-refractivity contribution in [2.45, 2.75) is 218 Å². The molecule has 0 aliphatic heterocycles. The molecule has 1 radical (unpaired) electrons. The van der Waals surface area contributed by atoms with Gasteiger partial charge in [-0.05, 0) is 74.0 Å². The fourth-order valence-electron chi connectivity index (χ4n) is 6.40. The minimum Gasteiger partial charge on any atom is -0.756 e. The average Bonchev–Trinajstić information content (AvgIpc) is 3.18.